The highest BCUT2D eigenvalue weighted by atomic mass is 16.7. The van der Waals surface area contributed by atoms with Gasteiger partial charge in [0.05, 0.1) is 0 Å². The number of amides is 1. The van der Waals surface area contributed by atoms with Crippen LogP contribution in [-0.2, 0) is 14.3 Å². The fourth-order valence-corrected chi connectivity index (χ4v) is 3.07. The molecule has 0 saturated carbocycles. The van der Waals surface area contributed by atoms with Gasteiger partial charge in [-0.1, -0.05) is 0 Å². The molecular formula is C15H29N3O3. The van der Waals surface area contributed by atoms with Crippen LogP contribution in [0.1, 0.15) is 19.3 Å². The number of carbonyl (C=O) groups excluding carboxylic acids is 1. The number of likely N-dealkylation sites (tertiary alicyclic amines) is 1. The number of nitrogens with zero attached hydrogens (tertiary/aromatic N) is 3. The van der Waals surface area contributed by atoms with Gasteiger partial charge in [-0.25, -0.2) is 0 Å². The molecule has 0 aromatic heterocycles. The average molecular weight is 299 g/mol. The summed E-state index contributed by atoms with van der Waals surface area (Å²) < 4.78 is 10.9. The molecule has 6 heteroatoms. The summed E-state index contributed by atoms with van der Waals surface area (Å²) >= 11 is 0. The molecule has 21 heavy (non-hydrogen) atoms. The molecule has 0 bridgehead atoms. The standard InChI is InChI=1S/C15H29N3O3/c1-16-10-12-17(13-11-16)7-4-14(19)18-8-5-15(20-2,21-3)6-9-18/h4-13H2,1-3H3. The van der Waals surface area contributed by atoms with Crippen molar-refractivity contribution in [2.75, 3.05) is 67.1 Å². The minimum Gasteiger partial charge on any atom is -0.353 e. The Hall–Kier alpha value is -0.690. The third-order valence-electron chi connectivity index (χ3n) is 4.86. The Balaban J connectivity index is 1.70. The summed E-state index contributed by atoms with van der Waals surface area (Å²) in [6.07, 6.45) is 2.12. The Morgan fingerprint density at radius 3 is 2.10 bits per heavy atom. The molecule has 0 aliphatic carbocycles. The summed E-state index contributed by atoms with van der Waals surface area (Å²) in [7, 11) is 5.50. The fraction of sp³-hybridized carbons (Fsp3) is 0.933. The normalized spacial score (nSPS) is 24.2. The Kier molecular flexibility index (Phi) is 5.98. The van der Waals surface area contributed by atoms with Crippen molar-refractivity contribution < 1.29 is 14.3 Å². The maximum Gasteiger partial charge on any atom is 0.223 e. The zero-order chi connectivity index (χ0) is 15.3. The van der Waals surface area contributed by atoms with Crippen molar-refractivity contribution in [2.24, 2.45) is 0 Å². The molecular weight excluding hydrogens is 270 g/mol. The van der Waals surface area contributed by atoms with E-state index in [1.165, 1.54) is 0 Å². The largest absolute Gasteiger partial charge is 0.353 e. The van der Waals surface area contributed by atoms with Gasteiger partial charge in [0.2, 0.25) is 5.91 Å². The minimum absolute atomic E-state index is 0.259. The van der Waals surface area contributed by atoms with Gasteiger partial charge in [0.1, 0.15) is 0 Å². The molecule has 2 aliphatic rings. The average Bonchev–Trinajstić information content (AvgIpc) is 2.54. The number of methoxy groups -OCH3 is 2. The van der Waals surface area contributed by atoms with Crippen molar-refractivity contribution in [3.63, 3.8) is 0 Å². The molecule has 0 N–H and O–H groups in total. The number of piperazine rings is 1. The van der Waals surface area contributed by atoms with E-state index in [0.717, 1.165) is 58.7 Å². The number of piperidine rings is 1. The van der Waals surface area contributed by atoms with Crippen LogP contribution in [0.2, 0.25) is 0 Å². The number of hydrogen-bond donors (Lipinski definition) is 0. The number of carbonyl (C=O) groups is 1. The summed E-state index contributed by atoms with van der Waals surface area (Å²) in [6, 6.07) is 0. The molecule has 2 heterocycles. The zero-order valence-electron chi connectivity index (χ0n) is 13.6. The van der Waals surface area contributed by atoms with Crippen molar-refractivity contribution in [3.05, 3.63) is 0 Å². The van der Waals surface area contributed by atoms with Crippen molar-refractivity contribution >= 4 is 5.91 Å². The molecule has 0 spiro atoms. The Labute approximate surface area is 128 Å². The van der Waals surface area contributed by atoms with Gasteiger partial charge in [-0.2, -0.15) is 0 Å². The first kappa shape index (κ1) is 16.7. The van der Waals surface area contributed by atoms with Crippen LogP contribution >= 0.6 is 0 Å². The molecule has 2 rings (SSSR count). The summed E-state index contributed by atoms with van der Waals surface area (Å²) in [5.74, 6) is -0.233. The number of ether oxygens (including phenoxy) is 2. The van der Waals surface area contributed by atoms with Crippen molar-refractivity contribution in [1.82, 2.24) is 14.7 Å². The van der Waals surface area contributed by atoms with Crippen molar-refractivity contribution in [2.45, 2.75) is 25.0 Å². The zero-order valence-corrected chi connectivity index (χ0v) is 13.6. The minimum atomic E-state index is -0.492. The third kappa shape index (κ3) is 4.39. The summed E-state index contributed by atoms with van der Waals surface area (Å²) in [4.78, 5) is 19.0. The second-order valence-electron chi connectivity index (χ2n) is 6.09. The lowest BCUT2D eigenvalue weighted by molar-refractivity contribution is -0.228. The lowest BCUT2D eigenvalue weighted by Gasteiger charge is -2.40. The highest BCUT2D eigenvalue weighted by Crippen LogP contribution is 2.26. The lowest BCUT2D eigenvalue weighted by atomic mass is 10.0. The van der Waals surface area contributed by atoms with Gasteiger partial charge in [0, 0.05) is 79.3 Å². The molecule has 2 saturated heterocycles. The molecule has 1 amide bonds. The van der Waals surface area contributed by atoms with Crippen LogP contribution < -0.4 is 0 Å². The van der Waals surface area contributed by atoms with Gasteiger partial charge in [0.25, 0.3) is 0 Å². The lowest BCUT2D eigenvalue weighted by Crippen LogP contribution is -2.49. The van der Waals surface area contributed by atoms with Crippen LogP contribution in [0, 0.1) is 0 Å². The first-order chi connectivity index (χ1) is 10.1. The van der Waals surface area contributed by atoms with Gasteiger partial charge in [0.15, 0.2) is 5.79 Å². The second kappa shape index (κ2) is 7.54. The van der Waals surface area contributed by atoms with E-state index >= 15 is 0 Å². The highest BCUT2D eigenvalue weighted by molar-refractivity contribution is 5.76. The van der Waals surface area contributed by atoms with Gasteiger partial charge in [-0.15, -0.1) is 0 Å². The van der Waals surface area contributed by atoms with E-state index in [1.54, 1.807) is 14.2 Å². The molecule has 2 fully saturated rings. The maximum atomic E-state index is 12.3. The number of rotatable bonds is 5. The maximum absolute atomic E-state index is 12.3. The van der Waals surface area contributed by atoms with E-state index in [9.17, 15) is 4.79 Å². The Bertz CT molecular complexity index is 329. The van der Waals surface area contributed by atoms with Crippen LogP contribution in [0.25, 0.3) is 0 Å². The number of hydrogen-bond acceptors (Lipinski definition) is 5. The molecule has 6 nitrogen and oxygen atoms in total. The second-order valence-corrected chi connectivity index (χ2v) is 6.09. The van der Waals surface area contributed by atoms with E-state index < -0.39 is 5.79 Å². The fourth-order valence-electron chi connectivity index (χ4n) is 3.07. The monoisotopic (exact) mass is 299 g/mol. The molecule has 0 unspecified atom stereocenters. The smallest absolute Gasteiger partial charge is 0.223 e. The van der Waals surface area contributed by atoms with Crippen LogP contribution in [0.15, 0.2) is 0 Å². The van der Waals surface area contributed by atoms with Crippen LogP contribution in [0.4, 0.5) is 0 Å². The summed E-state index contributed by atoms with van der Waals surface area (Å²) in [6.45, 7) is 6.67. The quantitative estimate of drug-likeness (QED) is 0.680. The van der Waals surface area contributed by atoms with E-state index in [4.69, 9.17) is 9.47 Å². The van der Waals surface area contributed by atoms with Gasteiger partial charge in [-0.05, 0) is 7.05 Å². The van der Waals surface area contributed by atoms with E-state index in [2.05, 4.69) is 16.8 Å². The van der Waals surface area contributed by atoms with Crippen molar-refractivity contribution in [3.8, 4) is 0 Å². The molecule has 0 atom stereocenters. The van der Waals surface area contributed by atoms with Crippen molar-refractivity contribution in [1.29, 1.82) is 0 Å². The van der Waals surface area contributed by atoms with Gasteiger partial charge < -0.3 is 24.2 Å². The van der Waals surface area contributed by atoms with E-state index in [-0.39, 0.29) is 5.91 Å². The number of likely N-dealkylation sites (N-methyl/N-ethyl adjacent to an activating group) is 1. The molecule has 0 aromatic carbocycles. The van der Waals surface area contributed by atoms with Crippen LogP contribution in [-0.4, -0.2) is 93.5 Å². The third-order valence-corrected chi connectivity index (χ3v) is 4.86. The summed E-state index contributed by atoms with van der Waals surface area (Å²) in [5.41, 5.74) is 0. The molecule has 0 radical (unpaired) electrons. The Morgan fingerprint density at radius 1 is 1.00 bits per heavy atom. The topological polar surface area (TPSA) is 45.3 Å². The van der Waals surface area contributed by atoms with E-state index in [1.807, 2.05) is 4.90 Å². The predicted molar refractivity (Wildman–Crippen MR) is 81.1 cm³/mol. The van der Waals surface area contributed by atoms with Gasteiger partial charge >= 0.3 is 0 Å². The SMILES string of the molecule is COC1(OC)CCN(C(=O)CCN2CCN(C)CC2)CC1. The van der Waals surface area contributed by atoms with Gasteiger partial charge in [-0.3, -0.25) is 4.79 Å². The van der Waals surface area contributed by atoms with Crippen LogP contribution in [0.5, 0.6) is 0 Å². The first-order valence-corrected chi connectivity index (χ1v) is 7.87. The summed E-state index contributed by atoms with van der Waals surface area (Å²) in [5, 5.41) is 0. The molecule has 122 valence electrons. The highest BCUT2D eigenvalue weighted by Gasteiger charge is 2.35. The van der Waals surface area contributed by atoms with E-state index in [0.29, 0.717) is 6.42 Å². The predicted octanol–water partition coefficient (Wildman–Crippen LogP) is 0.235. The van der Waals surface area contributed by atoms with Crippen LogP contribution in [0.3, 0.4) is 0 Å². The molecule has 2 aliphatic heterocycles. The first-order valence-electron chi connectivity index (χ1n) is 7.87. The molecule has 0 aromatic rings. The Morgan fingerprint density at radius 2 is 1.57 bits per heavy atom.